The first-order chi connectivity index (χ1) is 17.5. The zero-order valence-electron chi connectivity index (χ0n) is 20.0. The third-order valence-electron chi connectivity index (χ3n) is 6.64. The van der Waals surface area contributed by atoms with Crippen molar-refractivity contribution in [1.29, 1.82) is 0 Å². The normalized spacial score (nSPS) is 13.3. The van der Waals surface area contributed by atoms with Crippen LogP contribution in [0.15, 0.2) is 61.1 Å². The highest BCUT2D eigenvalue weighted by Gasteiger charge is 2.25. The second-order valence-corrected chi connectivity index (χ2v) is 9.75. The number of imidazole rings is 1. The van der Waals surface area contributed by atoms with Crippen molar-refractivity contribution in [2.75, 3.05) is 5.32 Å². The van der Waals surface area contributed by atoms with Crippen molar-refractivity contribution < 1.29 is 4.79 Å². The van der Waals surface area contributed by atoms with Crippen molar-refractivity contribution in [2.24, 2.45) is 0 Å². The number of hydrogen-bond donors (Lipinski definition) is 2. The molecular formula is C28H25ClN6O. The van der Waals surface area contributed by atoms with Crippen LogP contribution in [0, 0.1) is 13.8 Å². The average molecular weight is 497 g/mol. The first kappa shape index (κ1) is 22.5. The van der Waals surface area contributed by atoms with Gasteiger partial charge in [-0.2, -0.15) is 0 Å². The Bertz CT molecular complexity index is 1620. The fraction of sp³-hybridized carbons (Fsp3) is 0.214. The molecule has 0 atom stereocenters. The Hall–Kier alpha value is -3.97. The fourth-order valence-electron chi connectivity index (χ4n) is 4.35. The fourth-order valence-corrected chi connectivity index (χ4v) is 4.61. The molecule has 3 heterocycles. The predicted octanol–water partition coefficient (Wildman–Crippen LogP) is 5.72. The molecule has 3 aromatic heterocycles. The molecule has 0 aliphatic heterocycles. The predicted molar refractivity (Wildman–Crippen MR) is 142 cm³/mol. The lowest BCUT2D eigenvalue weighted by Crippen LogP contribution is -2.25. The number of carbonyl (C=O) groups is 1. The van der Waals surface area contributed by atoms with Crippen molar-refractivity contribution in [1.82, 2.24) is 24.7 Å². The minimum Gasteiger partial charge on any atom is -0.363 e. The van der Waals surface area contributed by atoms with E-state index in [1.165, 1.54) is 11.1 Å². The second kappa shape index (κ2) is 8.91. The number of pyridine rings is 1. The first-order valence-electron chi connectivity index (χ1n) is 12.0. The summed E-state index contributed by atoms with van der Waals surface area (Å²) >= 11 is 6.59. The summed E-state index contributed by atoms with van der Waals surface area (Å²) in [5.74, 6) is 0.558. The highest BCUT2D eigenvalue weighted by atomic mass is 35.5. The molecule has 1 saturated carbocycles. The minimum absolute atomic E-state index is 0.130. The number of aryl methyl sites for hydroxylation is 2. The quantitative estimate of drug-likeness (QED) is 0.314. The molecule has 6 rings (SSSR count). The SMILES string of the molecule is Cc1cc2nc(NCc3cccnc3)c3ncc(-c4ccc(C(=O)NC5CC5)c(Cl)c4)n3c2cc1C. The van der Waals surface area contributed by atoms with Gasteiger partial charge in [-0.25, -0.2) is 9.97 Å². The van der Waals surface area contributed by atoms with Gasteiger partial charge in [0, 0.05) is 30.5 Å². The largest absolute Gasteiger partial charge is 0.363 e. The van der Waals surface area contributed by atoms with Crippen LogP contribution in [-0.4, -0.2) is 31.3 Å². The van der Waals surface area contributed by atoms with Crippen LogP contribution >= 0.6 is 11.6 Å². The summed E-state index contributed by atoms with van der Waals surface area (Å²) in [6.45, 7) is 4.75. The van der Waals surface area contributed by atoms with Gasteiger partial charge in [0.1, 0.15) is 0 Å². The molecule has 1 aliphatic rings. The number of amides is 1. The van der Waals surface area contributed by atoms with E-state index in [0.717, 1.165) is 46.3 Å². The second-order valence-electron chi connectivity index (χ2n) is 9.35. The molecule has 0 radical (unpaired) electrons. The summed E-state index contributed by atoms with van der Waals surface area (Å²) in [6.07, 6.45) is 7.48. The summed E-state index contributed by atoms with van der Waals surface area (Å²) in [7, 11) is 0. The average Bonchev–Trinajstić information content (AvgIpc) is 3.57. The molecule has 7 nitrogen and oxygen atoms in total. The minimum atomic E-state index is -0.130. The van der Waals surface area contributed by atoms with Gasteiger partial charge in [0.15, 0.2) is 11.5 Å². The van der Waals surface area contributed by atoms with Gasteiger partial charge in [0.05, 0.1) is 33.5 Å². The maximum absolute atomic E-state index is 12.6. The molecule has 5 aromatic rings. The van der Waals surface area contributed by atoms with Gasteiger partial charge in [-0.15, -0.1) is 0 Å². The molecule has 1 fully saturated rings. The van der Waals surface area contributed by atoms with Crippen molar-refractivity contribution >= 4 is 40.0 Å². The van der Waals surface area contributed by atoms with Gasteiger partial charge in [-0.1, -0.05) is 23.7 Å². The number of halogens is 1. The lowest BCUT2D eigenvalue weighted by molar-refractivity contribution is 0.0951. The molecule has 0 spiro atoms. The number of benzene rings is 2. The Kier molecular flexibility index (Phi) is 5.57. The number of nitrogens with zero attached hydrogens (tertiary/aromatic N) is 4. The summed E-state index contributed by atoms with van der Waals surface area (Å²) in [6, 6.07) is 14.0. The lowest BCUT2D eigenvalue weighted by Gasteiger charge is -2.14. The number of carbonyl (C=O) groups excluding carboxylic acids is 1. The molecule has 36 heavy (non-hydrogen) atoms. The lowest BCUT2D eigenvalue weighted by atomic mass is 10.1. The van der Waals surface area contributed by atoms with Gasteiger partial charge in [0.2, 0.25) is 0 Å². The van der Waals surface area contributed by atoms with Crippen molar-refractivity contribution in [3.05, 3.63) is 88.3 Å². The number of rotatable bonds is 6. The van der Waals surface area contributed by atoms with E-state index in [1.54, 1.807) is 12.3 Å². The third-order valence-corrected chi connectivity index (χ3v) is 6.96. The van der Waals surface area contributed by atoms with E-state index in [1.807, 2.05) is 36.7 Å². The number of nitrogens with one attached hydrogen (secondary N) is 2. The van der Waals surface area contributed by atoms with Crippen LogP contribution in [0.3, 0.4) is 0 Å². The standard InChI is InChI=1S/C28H25ClN6O/c1-16-10-23-24(11-17(16)2)35-25(19-5-8-21(22(29)12-19)28(36)33-20-6-7-20)15-32-27(35)26(34-23)31-14-18-4-3-9-30-13-18/h3-5,8-13,15,20H,6-7,14H2,1-2H3,(H,31,34)(H,33,36). The van der Waals surface area contributed by atoms with E-state index in [-0.39, 0.29) is 11.9 Å². The smallest absolute Gasteiger partial charge is 0.253 e. The monoisotopic (exact) mass is 496 g/mol. The van der Waals surface area contributed by atoms with Crippen LogP contribution < -0.4 is 10.6 Å². The zero-order chi connectivity index (χ0) is 24.8. The summed E-state index contributed by atoms with van der Waals surface area (Å²) in [5, 5.41) is 6.86. The molecule has 2 aromatic carbocycles. The number of hydrogen-bond acceptors (Lipinski definition) is 5. The maximum atomic E-state index is 12.6. The Balaban J connectivity index is 1.47. The molecule has 0 saturated heterocycles. The molecule has 0 unspecified atom stereocenters. The van der Waals surface area contributed by atoms with E-state index >= 15 is 0 Å². The summed E-state index contributed by atoms with van der Waals surface area (Å²) in [4.78, 5) is 26.4. The molecule has 8 heteroatoms. The van der Waals surface area contributed by atoms with E-state index in [0.29, 0.717) is 22.9 Å². The van der Waals surface area contributed by atoms with E-state index < -0.39 is 0 Å². The topological polar surface area (TPSA) is 84.2 Å². The van der Waals surface area contributed by atoms with E-state index in [2.05, 4.69) is 46.0 Å². The van der Waals surface area contributed by atoms with Crippen molar-refractivity contribution in [2.45, 2.75) is 39.3 Å². The van der Waals surface area contributed by atoms with Gasteiger partial charge < -0.3 is 10.6 Å². The van der Waals surface area contributed by atoms with E-state index in [4.69, 9.17) is 21.6 Å². The molecule has 1 aliphatic carbocycles. The number of anilines is 1. The zero-order valence-corrected chi connectivity index (χ0v) is 20.8. The van der Waals surface area contributed by atoms with Gasteiger partial charge >= 0.3 is 0 Å². The summed E-state index contributed by atoms with van der Waals surface area (Å²) in [5.41, 5.74) is 8.17. The Labute approximate surface area is 213 Å². The first-order valence-corrected chi connectivity index (χ1v) is 12.4. The number of aromatic nitrogens is 4. The van der Waals surface area contributed by atoms with Gasteiger partial charge in [-0.05, 0) is 73.7 Å². The Morgan fingerprint density at radius 2 is 1.94 bits per heavy atom. The van der Waals surface area contributed by atoms with Crippen LogP contribution in [0.5, 0.6) is 0 Å². The number of fused-ring (bicyclic) bond motifs is 3. The van der Waals surface area contributed by atoms with Gasteiger partial charge in [-0.3, -0.25) is 14.2 Å². The molecule has 2 N–H and O–H groups in total. The van der Waals surface area contributed by atoms with Crippen LogP contribution in [-0.2, 0) is 6.54 Å². The molecule has 1 amide bonds. The molecular weight excluding hydrogens is 472 g/mol. The van der Waals surface area contributed by atoms with Crippen LogP contribution in [0.1, 0.15) is 39.9 Å². The van der Waals surface area contributed by atoms with Crippen molar-refractivity contribution in [3.8, 4) is 11.3 Å². The van der Waals surface area contributed by atoms with E-state index in [9.17, 15) is 4.79 Å². The highest BCUT2D eigenvalue weighted by Crippen LogP contribution is 2.32. The van der Waals surface area contributed by atoms with Crippen LogP contribution in [0.2, 0.25) is 5.02 Å². The van der Waals surface area contributed by atoms with Crippen LogP contribution in [0.4, 0.5) is 5.82 Å². The van der Waals surface area contributed by atoms with Crippen molar-refractivity contribution in [3.63, 3.8) is 0 Å². The Morgan fingerprint density at radius 1 is 1.11 bits per heavy atom. The molecule has 0 bridgehead atoms. The third kappa shape index (κ3) is 4.16. The summed E-state index contributed by atoms with van der Waals surface area (Å²) < 4.78 is 2.11. The highest BCUT2D eigenvalue weighted by molar-refractivity contribution is 6.34. The maximum Gasteiger partial charge on any atom is 0.253 e. The molecule has 180 valence electrons. The van der Waals surface area contributed by atoms with Gasteiger partial charge in [0.25, 0.3) is 5.91 Å². The Morgan fingerprint density at radius 3 is 2.69 bits per heavy atom. The van der Waals surface area contributed by atoms with Crippen LogP contribution in [0.25, 0.3) is 27.9 Å².